The summed E-state index contributed by atoms with van der Waals surface area (Å²) in [5.41, 5.74) is 2.03. The van der Waals surface area contributed by atoms with E-state index in [0.29, 0.717) is 5.92 Å². The second kappa shape index (κ2) is 4.38. The average molecular weight is 190 g/mol. The Balaban J connectivity index is 2.11. The summed E-state index contributed by atoms with van der Waals surface area (Å²) < 4.78 is 5.42. The summed E-state index contributed by atoms with van der Waals surface area (Å²) in [6, 6.07) is 7.81. The van der Waals surface area contributed by atoms with Crippen LogP contribution in [-0.4, -0.2) is 19.5 Å². The third-order valence-corrected chi connectivity index (χ3v) is 2.70. The fraction of sp³-hybridized carbons (Fsp3) is 0.417. The first kappa shape index (κ1) is 9.41. The van der Waals surface area contributed by atoms with E-state index in [0.717, 1.165) is 31.5 Å². The van der Waals surface area contributed by atoms with Gasteiger partial charge in [-0.05, 0) is 18.4 Å². The van der Waals surface area contributed by atoms with Crippen molar-refractivity contribution in [3.05, 3.63) is 35.4 Å². The smallest absolute Gasteiger partial charge is 0.150 e. The molecule has 2 nitrogen and oxygen atoms in total. The van der Waals surface area contributed by atoms with Crippen molar-refractivity contribution in [2.24, 2.45) is 0 Å². The minimum atomic E-state index is 0.518. The van der Waals surface area contributed by atoms with Crippen molar-refractivity contribution in [3.8, 4) is 0 Å². The fourth-order valence-electron chi connectivity index (χ4n) is 1.85. The highest BCUT2D eigenvalue weighted by Crippen LogP contribution is 2.25. The van der Waals surface area contributed by atoms with Gasteiger partial charge in [-0.2, -0.15) is 0 Å². The Hall–Kier alpha value is -1.15. The SMILES string of the molecule is O=Cc1ccc(C2CCCOC2)cc1. The van der Waals surface area contributed by atoms with E-state index in [1.54, 1.807) is 0 Å². The highest BCUT2D eigenvalue weighted by Gasteiger charge is 2.15. The standard InChI is InChI=1S/C12H14O2/c13-8-10-3-5-11(6-4-10)12-2-1-7-14-9-12/h3-6,8,12H,1-2,7,9H2. The van der Waals surface area contributed by atoms with Crippen molar-refractivity contribution < 1.29 is 9.53 Å². The Labute approximate surface area is 83.9 Å². The number of hydrogen-bond acceptors (Lipinski definition) is 2. The van der Waals surface area contributed by atoms with Crippen LogP contribution in [0.3, 0.4) is 0 Å². The summed E-state index contributed by atoms with van der Waals surface area (Å²) >= 11 is 0. The van der Waals surface area contributed by atoms with Crippen LogP contribution in [0.15, 0.2) is 24.3 Å². The Morgan fingerprint density at radius 3 is 2.64 bits per heavy atom. The van der Waals surface area contributed by atoms with Crippen molar-refractivity contribution in [3.63, 3.8) is 0 Å². The van der Waals surface area contributed by atoms with Gasteiger partial charge in [0, 0.05) is 18.1 Å². The van der Waals surface area contributed by atoms with Crippen LogP contribution in [0.25, 0.3) is 0 Å². The van der Waals surface area contributed by atoms with Gasteiger partial charge in [0.1, 0.15) is 6.29 Å². The molecule has 1 atom stereocenters. The zero-order valence-electron chi connectivity index (χ0n) is 8.11. The summed E-state index contributed by atoms with van der Waals surface area (Å²) in [7, 11) is 0. The summed E-state index contributed by atoms with van der Waals surface area (Å²) in [5, 5.41) is 0. The lowest BCUT2D eigenvalue weighted by atomic mass is 9.93. The van der Waals surface area contributed by atoms with Crippen molar-refractivity contribution >= 4 is 6.29 Å². The van der Waals surface area contributed by atoms with Gasteiger partial charge >= 0.3 is 0 Å². The minimum Gasteiger partial charge on any atom is -0.381 e. The maximum atomic E-state index is 10.5. The summed E-state index contributed by atoms with van der Waals surface area (Å²) in [5.74, 6) is 0.518. The van der Waals surface area contributed by atoms with Crippen LogP contribution in [0.1, 0.15) is 34.7 Å². The molecule has 1 aromatic carbocycles. The lowest BCUT2D eigenvalue weighted by Crippen LogP contribution is -2.15. The monoisotopic (exact) mass is 190 g/mol. The maximum Gasteiger partial charge on any atom is 0.150 e. The Kier molecular flexibility index (Phi) is 2.94. The van der Waals surface area contributed by atoms with E-state index in [4.69, 9.17) is 4.74 Å². The molecule has 0 N–H and O–H groups in total. The van der Waals surface area contributed by atoms with Crippen LogP contribution in [0.5, 0.6) is 0 Å². The molecule has 1 aromatic rings. The summed E-state index contributed by atoms with van der Waals surface area (Å²) in [6.45, 7) is 1.71. The van der Waals surface area contributed by atoms with E-state index in [-0.39, 0.29) is 0 Å². The number of benzene rings is 1. The van der Waals surface area contributed by atoms with E-state index >= 15 is 0 Å². The van der Waals surface area contributed by atoms with Gasteiger partial charge in [-0.25, -0.2) is 0 Å². The van der Waals surface area contributed by atoms with E-state index < -0.39 is 0 Å². The van der Waals surface area contributed by atoms with Gasteiger partial charge in [0.05, 0.1) is 6.61 Å². The number of rotatable bonds is 2. The van der Waals surface area contributed by atoms with Crippen LogP contribution < -0.4 is 0 Å². The Morgan fingerprint density at radius 1 is 1.29 bits per heavy atom. The highest BCUT2D eigenvalue weighted by molar-refractivity contribution is 5.74. The number of carbonyl (C=O) groups excluding carboxylic acids is 1. The van der Waals surface area contributed by atoms with Gasteiger partial charge in [0.2, 0.25) is 0 Å². The van der Waals surface area contributed by atoms with Crippen molar-refractivity contribution in [2.45, 2.75) is 18.8 Å². The molecular weight excluding hydrogens is 176 g/mol. The van der Waals surface area contributed by atoms with Gasteiger partial charge in [0.25, 0.3) is 0 Å². The molecule has 0 aromatic heterocycles. The first-order chi connectivity index (χ1) is 6.90. The predicted molar refractivity (Wildman–Crippen MR) is 54.6 cm³/mol. The minimum absolute atomic E-state index is 0.518. The van der Waals surface area contributed by atoms with Gasteiger partial charge in [-0.1, -0.05) is 24.3 Å². The molecule has 2 heteroatoms. The second-order valence-corrected chi connectivity index (χ2v) is 3.70. The quantitative estimate of drug-likeness (QED) is 0.669. The molecule has 1 unspecified atom stereocenters. The van der Waals surface area contributed by atoms with Crippen molar-refractivity contribution in [1.82, 2.24) is 0 Å². The molecule has 1 aliphatic rings. The Bertz CT molecular complexity index is 297. The molecule has 1 heterocycles. The van der Waals surface area contributed by atoms with Gasteiger partial charge in [-0.3, -0.25) is 4.79 Å². The van der Waals surface area contributed by atoms with E-state index in [2.05, 4.69) is 0 Å². The lowest BCUT2D eigenvalue weighted by molar-refractivity contribution is 0.0804. The second-order valence-electron chi connectivity index (χ2n) is 3.70. The molecule has 14 heavy (non-hydrogen) atoms. The van der Waals surface area contributed by atoms with Gasteiger partial charge in [0.15, 0.2) is 0 Å². The molecule has 1 saturated heterocycles. The molecule has 0 spiro atoms. The Morgan fingerprint density at radius 2 is 2.07 bits per heavy atom. The zero-order valence-corrected chi connectivity index (χ0v) is 8.11. The molecule has 0 saturated carbocycles. The van der Waals surface area contributed by atoms with E-state index in [1.807, 2.05) is 24.3 Å². The molecule has 74 valence electrons. The molecule has 0 bridgehead atoms. The van der Waals surface area contributed by atoms with Crippen LogP contribution >= 0.6 is 0 Å². The third-order valence-electron chi connectivity index (χ3n) is 2.70. The molecule has 1 fully saturated rings. The largest absolute Gasteiger partial charge is 0.381 e. The first-order valence-corrected chi connectivity index (χ1v) is 5.03. The van der Waals surface area contributed by atoms with Crippen LogP contribution in [-0.2, 0) is 4.74 Å². The number of carbonyl (C=O) groups is 1. The topological polar surface area (TPSA) is 26.3 Å². The summed E-state index contributed by atoms with van der Waals surface area (Å²) in [4.78, 5) is 10.5. The lowest BCUT2D eigenvalue weighted by Gasteiger charge is -2.22. The number of hydrogen-bond donors (Lipinski definition) is 0. The fourth-order valence-corrected chi connectivity index (χ4v) is 1.85. The molecule has 2 rings (SSSR count). The van der Waals surface area contributed by atoms with E-state index in [9.17, 15) is 4.79 Å². The average Bonchev–Trinajstić information content (AvgIpc) is 2.30. The van der Waals surface area contributed by atoms with Gasteiger partial charge < -0.3 is 4.74 Å². The van der Waals surface area contributed by atoms with Crippen LogP contribution in [0.4, 0.5) is 0 Å². The number of aldehydes is 1. The third kappa shape index (κ3) is 2.02. The number of ether oxygens (including phenoxy) is 1. The van der Waals surface area contributed by atoms with Crippen LogP contribution in [0, 0.1) is 0 Å². The molecule has 1 aliphatic heterocycles. The molecule has 0 radical (unpaired) electrons. The first-order valence-electron chi connectivity index (χ1n) is 5.03. The molecule has 0 amide bonds. The predicted octanol–water partition coefficient (Wildman–Crippen LogP) is 2.39. The maximum absolute atomic E-state index is 10.5. The van der Waals surface area contributed by atoms with Crippen molar-refractivity contribution in [2.75, 3.05) is 13.2 Å². The van der Waals surface area contributed by atoms with Crippen molar-refractivity contribution in [1.29, 1.82) is 0 Å². The molecular formula is C12H14O2. The summed E-state index contributed by atoms with van der Waals surface area (Å²) in [6.07, 6.45) is 3.21. The van der Waals surface area contributed by atoms with E-state index in [1.165, 1.54) is 12.0 Å². The van der Waals surface area contributed by atoms with Gasteiger partial charge in [-0.15, -0.1) is 0 Å². The zero-order chi connectivity index (χ0) is 9.80. The normalized spacial score (nSPS) is 21.9. The highest BCUT2D eigenvalue weighted by atomic mass is 16.5. The van der Waals surface area contributed by atoms with Crippen LogP contribution in [0.2, 0.25) is 0 Å². The molecule has 0 aliphatic carbocycles.